The highest BCUT2D eigenvalue weighted by molar-refractivity contribution is 5.78. The van der Waals surface area contributed by atoms with Crippen LogP contribution in [0.3, 0.4) is 0 Å². The van der Waals surface area contributed by atoms with Gasteiger partial charge in [0.05, 0.1) is 0 Å². The van der Waals surface area contributed by atoms with Crippen LogP contribution in [0.4, 0.5) is 0 Å². The molecule has 0 heterocycles. The van der Waals surface area contributed by atoms with E-state index >= 15 is 0 Å². The molecule has 0 aliphatic heterocycles. The zero-order chi connectivity index (χ0) is 22.0. The molecule has 1 heteroatoms. The van der Waals surface area contributed by atoms with Gasteiger partial charge in [0, 0.05) is 12.8 Å². The van der Waals surface area contributed by atoms with Gasteiger partial charge in [0.25, 0.3) is 0 Å². The van der Waals surface area contributed by atoms with E-state index in [0.29, 0.717) is 5.78 Å². The molecule has 0 aromatic rings. The molecular formula is C29H56O. The molecule has 178 valence electrons. The van der Waals surface area contributed by atoms with Gasteiger partial charge < -0.3 is 0 Å². The van der Waals surface area contributed by atoms with E-state index in [0.717, 1.165) is 25.7 Å². The predicted molar refractivity (Wildman–Crippen MR) is 136 cm³/mol. The van der Waals surface area contributed by atoms with Gasteiger partial charge in [-0.15, -0.1) is 0 Å². The van der Waals surface area contributed by atoms with Gasteiger partial charge in [0.15, 0.2) is 0 Å². The Morgan fingerprint density at radius 2 is 0.733 bits per heavy atom. The summed E-state index contributed by atoms with van der Waals surface area (Å²) in [6.07, 6.45) is 35.6. The first-order valence-electron chi connectivity index (χ1n) is 14.0. The van der Waals surface area contributed by atoms with E-state index in [9.17, 15) is 4.79 Å². The minimum absolute atomic E-state index is 0.510. The number of carbonyl (C=O) groups is 1. The average Bonchev–Trinajstić information content (AvgIpc) is 2.75. The highest BCUT2D eigenvalue weighted by Gasteiger charge is 2.02. The van der Waals surface area contributed by atoms with Crippen molar-refractivity contribution in [1.82, 2.24) is 0 Å². The summed E-state index contributed by atoms with van der Waals surface area (Å²) in [5, 5.41) is 0. The van der Waals surface area contributed by atoms with E-state index in [1.165, 1.54) is 128 Å². The van der Waals surface area contributed by atoms with Gasteiger partial charge in [-0.1, -0.05) is 129 Å². The second kappa shape index (κ2) is 26.4. The van der Waals surface area contributed by atoms with Crippen LogP contribution in [0.25, 0.3) is 0 Å². The van der Waals surface area contributed by atoms with E-state index in [4.69, 9.17) is 0 Å². The van der Waals surface area contributed by atoms with Gasteiger partial charge in [-0.2, -0.15) is 0 Å². The minimum Gasteiger partial charge on any atom is -0.300 e. The number of unbranched alkanes of at least 4 members (excludes halogenated alkanes) is 19. The quantitative estimate of drug-likeness (QED) is 0.106. The summed E-state index contributed by atoms with van der Waals surface area (Å²) in [5.74, 6) is 0.510. The molecule has 0 N–H and O–H groups in total. The van der Waals surface area contributed by atoms with Crippen LogP contribution in [-0.4, -0.2) is 5.78 Å². The Morgan fingerprint density at radius 1 is 0.433 bits per heavy atom. The first kappa shape index (κ1) is 29.4. The summed E-state index contributed by atoms with van der Waals surface area (Å²) in [4.78, 5) is 12.0. The van der Waals surface area contributed by atoms with E-state index in [1.54, 1.807) is 0 Å². The van der Waals surface area contributed by atoms with Crippen molar-refractivity contribution in [2.75, 3.05) is 0 Å². The lowest BCUT2D eigenvalue weighted by Gasteiger charge is -2.03. The minimum atomic E-state index is 0.510. The van der Waals surface area contributed by atoms with Crippen LogP contribution in [-0.2, 0) is 4.79 Å². The highest BCUT2D eigenvalue weighted by Crippen LogP contribution is 2.13. The maximum atomic E-state index is 12.0. The van der Waals surface area contributed by atoms with Crippen LogP contribution >= 0.6 is 0 Å². The third-order valence-corrected chi connectivity index (χ3v) is 6.28. The summed E-state index contributed by atoms with van der Waals surface area (Å²) < 4.78 is 0. The summed E-state index contributed by atoms with van der Waals surface area (Å²) in [7, 11) is 0. The Bertz CT molecular complexity index is 357. The molecule has 0 unspecified atom stereocenters. The lowest BCUT2D eigenvalue weighted by atomic mass is 10.0. The van der Waals surface area contributed by atoms with Crippen LogP contribution in [0.15, 0.2) is 12.2 Å². The van der Waals surface area contributed by atoms with Crippen LogP contribution in [0.1, 0.15) is 168 Å². The number of allylic oxidation sites excluding steroid dienone is 2. The summed E-state index contributed by atoms with van der Waals surface area (Å²) in [5.41, 5.74) is 0. The normalized spacial score (nSPS) is 11.5. The predicted octanol–water partition coefficient (Wildman–Crippen LogP) is 10.5. The molecular weight excluding hydrogens is 364 g/mol. The molecule has 1 nitrogen and oxygen atoms in total. The van der Waals surface area contributed by atoms with Crippen molar-refractivity contribution in [3.05, 3.63) is 12.2 Å². The summed E-state index contributed by atoms with van der Waals surface area (Å²) in [6, 6.07) is 0. The van der Waals surface area contributed by atoms with Gasteiger partial charge in [0.1, 0.15) is 5.78 Å². The second-order valence-electron chi connectivity index (χ2n) is 9.45. The van der Waals surface area contributed by atoms with E-state index in [1.807, 2.05) is 0 Å². The second-order valence-corrected chi connectivity index (χ2v) is 9.45. The lowest BCUT2D eigenvalue weighted by molar-refractivity contribution is -0.119. The van der Waals surface area contributed by atoms with Gasteiger partial charge in [-0.3, -0.25) is 4.79 Å². The highest BCUT2D eigenvalue weighted by atomic mass is 16.1. The first-order valence-corrected chi connectivity index (χ1v) is 14.0. The Balaban J connectivity index is 3.20. The van der Waals surface area contributed by atoms with Crippen molar-refractivity contribution >= 4 is 5.78 Å². The van der Waals surface area contributed by atoms with Crippen molar-refractivity contribution in [2.45, 2.75) is 168 Å². The van der Waals surface area contributed by atoms with E-state index in [2.05, 4.69) is 26.0 Å². The molecule has 0 rings (SSSR count). The molecule has 0 saturated carbocycles. The molecule has 0 aromatic heterocycles. The molecule has 0 aromatic carbocycles. The number of Topliss-reactive ketones (excluding diaryl/α,β-unsaturated/α-hetero) is 1. The largest absolute Gasteiger partial charge is 0.300 e. The summed E-state index contributed by atoms with van der Waals surface area (Å²) in [6.45, 7) is 4.55. The fourth-order valence-corrected chi connectivity index (χ4v) is 4.15. The maximum absolute atomic E-state index is 12.0. The Labute approximate surface area is 190 Å². The molecule has 0 saturated heterocycles. The lowest BCUT2D eigenvalue weighted by Crippen LogP contribution is -1.97. The van der Waals surface area contributed by atoms with Crippen molar-refractivity contribution in [3.8, 4) is 0 Å². The SMILES string of the molecule is CCCCCCCC/C=C/CCCCCCCC(=O)CCCCCCCCCCC. The van der Waals surface area contributed by atoms with Crippen molar-refractivity contribution < 1.29 is 4.79 Å². The number of hydrogen-bond donors (Lipinski definition) is 0. The molecule has 30 heavy (non-hydrogen) atoms. The van der Waals surface area contributed by atoms with Gasteiger partial charge in [-0.25, -0.2) is 0 Å². The zero-order valence-corrected chi connectivity index (χ0v) is 21.0. The van der Waals surface area contributed by atoms with Crippen LogP contribution in [0, 0.1) is 0 Å². The third kappa shape index (κ3) is 25.4. The molecule has 0 aliphatic carbocycles. The molecule has 0 spiro atoms. The topological polar surface area (TPSA) is 17.1 Å². The standard InChI is InChI=1S/C29H56O/c1-3-5-7-9-11-13-14-15-16-17-18-20-22-24-26-28-29(30)27-25-23-21-19-12-10-8-6-4-2/h15-16H,3-14,17-28H2,1-2H3/b16-15+. The molecule has 0 bridgehead atoms. The Kier molecular flexibility index (Phi) is 25.9. The van der Waals surface area contributed by atoms with E-state index < -0.39 is 0 Å². The monoisotopic (exact) mass is 420 g/mol. The average molecular weight is 421 g/mol. The number of ketones is 1. The van der Waals surface area contributed by atoms with Crippen LogP contribution in [0.5, 0.6) is 0 Å². The van der Waals surface area contributed by atoms with Gasteiger partial charge in [0.2, 0.25) is 0 Å². The zero-order valence-electron chi connectivity index (χ0n) is 21.0. The third-order valence-electron chi connectivity index (χ3n) is 6.28. The maximum Gasteiger partial charge on any atom is 0.132 e. The van der Waals surface area contributed by atoms with Crippen molar-refractivity contribution in [1.29, 1.82) is 0 Å². The van der Waals surface area contributed by atoms with Crippen LogP contribution in [0.2, 0.25) is 0 Å². The molecule has 0 fully saturated rings. The molecule has 0 aliphatic rings. The number of carbonyl (C=O) groups excluding carboxylic acids is 1. The fourth-order valence-electron chi connectivity index (χ4n) is 4.15. The number of rotatable bonds is 25. The Morgan fingerprint density at radius 3 is 1.10 bits per heavy atom. The van der Waals surface area contributed by atoms with Gasteiger partial charge in [-0.05, 0) is 38.5 Å². The smallest absolute Gasteiger partial charge is 0.132 e. The number of hydrogen-bond acceptors (Lipinski definition) is 1. The molecule has 0 radical (unpaired) electrons. The van der Waals surface area contributed by atoms with Crippen LogP contribution < -0.4 is 0 Å². The molecule has 0 atom stereocenters. The van der Waals surface area contributed by atoms with E-state index in [-0.39, 0.29) is 0 Å². The van der Waals surface area contributed by atoms with Crippen molar-refractivity contribution in [3.63, 3.8) is 0 Å². The molecule has 0 amide bonds. The fraction of sp³-hybridized carbons (Fsp3) is 0.897. The first-order chi connectivity index (χ1) is 14.8. The Hall–Kier alpha value is -0.590. The van der Waals surface area contributed by atoms with Gasteiger partial charge >= 0.3 is 0 Å². The van der Waals surface area contributed by atoms with Crippen molar-refractivity contribution in [2.24, 2.45) is 0 Å². The summed E-state index contributed by atoms with van der Waals surface area (Å²) >= 11 is 0.